The molecule has 0 unspecified atom stereocenters. The molecule has 0 atom stereocenters. The van der Waals surface area contributed by atoms with E-state index in [2.05, 4.69) is 15.2 Å². The molecule has 0 bridgehead atoms. The molecule has 3 rings (SSSR count). The number of halogens is 2. The standard InChI is InChI=1S/C16H13Cl2N5O/c17-12-4-2-11(3-5-12)13-7-14(16(19)22-24)23(21-13)9-10-1-6-15(18)20-8-10/h1-8,24H,9H2,(H2,19,22). The Labute approximate surface area is 148 Å². The Morgan fingerprint density at radius 2 is 1.92 bits per heavy atom. The lowest BCUT2D eigenvalue weighted by Gasteiger charge is -2.06. The van der Waals surface area contributed by atoms with Crippen LogP contribution >= 0.6 is 23.2 Å². The van der Waals surface area contributed by atoms with E-state index in [1.807, 2.05) is 18.2 Å². The average molecular weight is 362 g/mol. The van der Waals surface area contributed by atoms with E-state index in [9.17, 15) is 0 Å². The van der Waals surface area contributed by atoms with Gasteiger partial charge in [-0.15, -0.1) is 0 Å². The maximum absolute atomic E-state index is 9.01. The van der Waals surface area contributed by atoms with Crippen LogP contribution in [0.5, 0.6) is 0 Å². The van der Waals surface area contributed by atoms with Gasteiger partial charge in [0.2, 0.25) is 0 Å². The lowest BCUT2D eigenvalue weighted by Crippen LogP contribution is -2.19. The number of benzene rings is 1. The second-order valence-electron chi connectivity index (χ2n) is 5.05. The van der Waals surface area contributed by atoms with Gasteiger partial charge in [-0.2, -0.15) is 5.10 Å². The first-order valence-electron chi connectivity index (χ1n) is 6.99. The molecule has 2 heterocycles. The lowest BCUT2D eigenvalue weighted by molar-refractivity contribution is 0.318. The molecule has 24 heavy (non-hydrogen) atoms. The normalized spacial score (nSPS) is 11.7. The van der Waals surface area contributed by atoms with Crippen molar-refractivity contribution < 1.29 is 5.21 Å². The van der Waals surface area contributed by atoms with Gasteiger partial charge in [-0.05, 0) is 29.8 Å². The fraction of sp³-hybridized carbons (Fsp3) is 0.0625. The number of hydrogen-bond acceptors (Lipinski definition) is 4. The molecule has 8 heteroatoms. The van der Waals surface area contributed by atoms with Crippen LogP contribution in [0.2, 0.25) is 10.2 Å². The molecule has 0 fully saturated rings. The van der Waals surface area contributed by atoms with Crippen molar-refractivity contribution in [2.45, 2.75) is 6.54 Å². The van der Waals surface area contributed by atoms with E-state index >= 15 is 0 Å². The number of nitrogens with zero attached hydrogens (tertiary/aromatic N) is 4. The van der Waals surface area contributed by atoms with Gasteiger partial charge in [0, 0.05) is 16.8 Å². The van der Waals surface area contributed by atoms with Crippen LogP contribution in [0.4, 0.5) is 0 Å². The highest BCUT2D eigenvalue weighted by molar-refractivity contribution is 6.30. The number of nitrogens with two attached hydrogens (primary N) is 1. The third-order valence-corrected chi connectivity index (χ3v) is 3.89. The fourth-order valence-electron chi connectivity index (χ4n) is 2.23. The Balaban J connectivity index is 2.00. The van der Waals surface area contributed by atoms with E-state index < -0.39 is 0 Å². The molecular formula is C16H13Cl2N5O. The summed E-state index contributed by atoms with van der Waals surface area (Å²) < 4.78 is 1.64. The topological polar surface area (TPSA) is 89.3 Å². The summed E-state index contributed by atoms with van der Waals surface area (Å²) in [6, 6.07) is 12.6. The van der Waals surface area contributed by atoms with Crippen LogP contribution in [0.3, 0.4) is 0 Å². The SMILES string of the molecule is NC(=NO)c1cc(-c2ccc(Cl)cc2)nn1Cc1ccc(Cl)nc1. The summed E-state index contributed by atoms with van der Waals surface area (Å²) in [6.07, 6.45) is 1.65. The summed E-state index contributed by atoms with van der Waals surface area (Å²) in [5.74, 6) is -0.0235. The number of amidine groups is 1. The van der Waals surface area contributed by atoms with Crippen molar-refractivity contribution in [2.75, 3.05) is 0 Å². The Morgan fingerprint density at radius 1 is 1.17 bits per heavy atom. The zero-order valence-corrected chi connectivity index (χ0v) is 13.9. The number of aromatic nitrogens is 3. The molecule has 0 spiro atoms. The smallest absolute Gasteiger partial charge is 0.188 e. The van der Waals surface area contributed by atoms with Crippen molar-refractivity contribution in [3.05, 3.63) is 70.1 Å². The van der Waals surface area contributed by atoms with Crippen LogP contribution in [-0.4, -0.2) is 25.8 Å². The molecular weight excluding hydrogens is 349 g/mol. The van der Waals surface area contributed by atoms with Gasteiger partial charge in [-0.3, -0.25) is 4.68 Å². The largest absolute Gasteiger partial charge is 0.409 e. The van der Waals surface area contributed by atoms with Crippen LogP contribution in [0.15, 0.2) is 53.8 Å². The Kier molecular flexibility index (Phi) is 4.69. The van der Waals surface area contributed by atoms with Crippen molar-refractivity contribution in [3.8, 4) is 11.3 Å². The number of pyridine rings is 1. The maximum atomic E-state index is 9.01. The molecule has 3 aromatic rings. The molecule has 0 aliphatic carbocycles. The lowest BCUT2D eigenvalue weighted by atomic mass is 10.1. The number of hydrogen-bond donors (Lipinski definition) is 2. The van der Waals surface area contributed by atoms with E-state index in [0.717, 1.165) is 11.1 Å². The minimum atomic E-state index is -0.0235. The van der Waals surface area contributed by atoms with Crippen molar-refractivity contribution in [1.82, 2.24) is 14.8 Å². The van der Waals surface area contributed by atoms with Crippen molar-refractivity contribution in [1.29, 1.82) is 0 Å². The molecule has 0 aliphatic rings. The van der Waals surface area contributed by atoms with Gasteiger partial charge in [0.15, 0.2) is 5.84 Å². The highest BCUT2D eigenvalue weighted by Gasteiger charge is 2.14. The van der Waals surface area contributed by atoms with Crippen molar-refractivity contribution in [2.24, 2.45) is 10.9 Å². The highest BCUT2D eigenvalue weighted by Crippen LogP contribution is 2.22. The predicted octanol–water partition coefficient (Wildman–Crippen LogP) is 3.39. The summed E-state index contributed by atoms with van der Waals surface area (Å²) in [5.41, 5.74) is 8.72. The molecule has 2 aromatic heterocycles. The zero-order chi connectivity index (χ0) is 17.1. The van der Waals surface area contributed by atoms with E-state index in [4.69, 9.17) is 34.1 Å². The van der Waals surface area contributed by atoms with Gasteiger partial charge in [-0.25, -0.2) is 4.98 Å². The van der Waals surface area contributed by atoms with Crippen LogP contribution in [-0.2, 0) is 6.54 Å². The second kappa shape index (κ2) is 6.90. The number of oxime groups is 1. The molecule has 0 saturated carbocycles. The van der Waals surface area contributed by atoms with Crippen LogP contribution in [0.25, 0.3) is 11.3 Å². The first-order valence-corrected chi connectivity index (χ1v) is 7.74. The molecule has 1 aromatic carbocycles. The van der Waals surface area contributed by atoms with Crippen molar-refractivity contribution in [3.63, 3.8) is 0 Å². The molecule has 3 N–H and O–H groups in total. The molecule has 0 aliphatic heterocycles. The summed E-state index contributed by atoms with van der Waals surface area (Å²) >= 11 is 11.7. The minimum Gasteiger partial charge on any atom is -0.409 e. The van der Waals surface area contributed by atoms with E-state index in [0.29, 0.717) is 28.1 Å². The minimum absolute atomic E-state index is 0.0235. The van der Waals surface area contributed by atoms with Gasteiger partial charge in [0.05, 0.1) is 12.2 Å². The van der Waals surface area contributed by atoms with Crippen LogP contribution in [0.1, 0.15) is 11.3 Å². The number of rotatable bonds is 4. The summed E-state index contributed by atoms with van der Waals surface area (Å²) in [7, 11) is 0. The van der Waals surface area contributed by atoms with Gasteiger partial charge in [-0.1, -0.05) is 46.6 Å². The second-order valence-corrected chi connectivity index (χ2v) is 5.88. The molecule has 122 valence electrons. The van der Waals surface area contributed by atoms with Crippen LogP contribution < -0.4 is 5.73 Å². The van der Waals surface area contributed by atoms with Crippen molar-refractivity contribution >= 4 is 29.0 Å². The van der Waals surface area contributed by atoms with Crippen LogP contribution in [0, 0.1) is 0 Å². The highest BCUT2D eigenvalue weighted by atomic mass is 35.5. The maximum Gasteiger partial charge on any atom is 0.188 e. The quantitative estimate of drug-likeness (QED) is 0.245. The molecule has 0 saturated heterocycles. The Hall–Kier alpha value is -2.57. The first-order chi connectivity index (χ1) is 11.6. The van der Waals surface area contributed by atoms with E-state index in [1.165, 1.54) is 0 Å². The van der Waals surface area contributed by atoms with Gasteiger partial charge in [0.1, 0.15) is 10.8 Å². The first kappa shape index (κ1) is 16.3. The average Bonchev–Trinajstić information content (AvgIpc) is 3.00. The monoisotopic (exact) mass is 361 g/mol. The zero-order valence-electron chi connectivity index (χ0n) is 12.4. The van der Waals surface area contributed by atoms with Gasteiger partial charge in [0.25, 0.3) is 0 Å². The predicted molar refractivity (Wildman–Crippen MR) is 93.5 cm³/mol. The Bertz CT molecular complexity index is 872. The Morgan fingerprint density at radius 3 is 2.54 bits per heavy atom. The van der Waals surface area contributed by atoms with Gasteiger partial charge >= 0.3 is 0 Å². The summed E-state index contributed by atoms with van der Waals surface area (Å²) in [4.78, 5) is 4.04. The third-order valence-electron chi connectivity index (χ3n) is 3.41. The molecule has 0 amide bonds. The summed E-state index contributed by atoms with van der Waals surface area (Å²) in [6.45, 7) is 0.406. The fourth-order valence-corrected chi connectivity index (χ4v) is 2.47. The molecule has 6 nitrogen and oxygen atoms in total. The van der Waals surface area contributed by atoms with E-state index in [1.54, 1.807) is 35.1 Å². The van der Waals surface area contributed by atoms with Gasteiger partial charge < -0.3 is 10.9 Å². The van der Waals surface area contributed by atoms with E-state index in [-0.39, 0.29) is 5.84 Å². The third kappa shape index (κ3) is 3.50. The molecule has 0 radical (unpaired) electrons. The summed E-state index contributed by atoms with van der Waals surface area (Å²) in [5, 5.41) is 17.7.